The van der Waals surface area contributed by atoms with Gasteiger partial charge in [-0.15, -0.1) is 0 Å². The van der Waals surface area contributed by atoms with Gasteiger partial charge in [-0.05, 0) is 33.1 Å². The molecule has 0 aromatic carbocycles. The van der Waals surface area contributed by atoms with Crippen LogP contribution in [0.2, 0.25) is 0 Å². The molecular formula is C20H40O4. The first-order valence-electron chi connectivity index (χ1n) is 10.1. The number of hydrogen-bond donors (Lipinski definition) is 0. The first-order chi connectivity index (χ1) is 11.6. The Kier molecular flexibility index (Phi) is 11.9. The number of unbranched alkanes of at least 4 members (excludes halogenated alkanes) is 4. The average molecular weight is 345 g/mol. The van der Waals surface area contributed by atoms with Crippen molar-refractivity contribution in [1.82, 2.24) is 0 Å². The van der Waals surface area contributed by atoms with E-state index in [-0.39, 0.29) is 0 Å². The van der Waals surface area contributed by atoms with Gasteiger partial charge in [0.1, 0.15) is 6.10 Å². The van der Waals surface area contributed by atoms with E-state index in [1.165, 1.54) is 38.5 Å². The van der Waals surface area contributed by atoms with Crippen molar-refractivity contribution in [1.29, 1.82) is 0 Å². The maximum absolute atomic E-state index is 5.92. The predicted molar refractivity (Wildman–Crippen MR) is 98.3 cm³/mol. The zero-order valence-corrected chi connectivity index (χ0v) is 16.5. The molecule has 1 aliphatic heterocycles. The van der Waals surface area contributed by atoms with Crippen LogP contribution < -0.4 is 0 Å². The van der Waals surface area contributed by atoms with Crippen molar-refractivity contribution in [2.24, 2.45) is 5.92 Å². The second-order valence-electron chi connectivity index (χ2n) is 7.09. The minimum Gasteiger partial charge on any atom is -0.379 e. The molecule has 4 heteroatoms. The molecule has 0 saturated carbocycles. The van der Waals surface area contributed by atoms with Crippen LogP contribution in [0, 0.1) is 5.92 Å². The number of epoxide rings is 1. The van der Waals surface area contributed by atoms with E-state index in [2.05, 4.69) is 13.8 Å². The summed E-state index contributed by atoms with van der Waals surface area (Å²) in [6.45, 7) is 12.2. The highest BCUT2D eigenvalue weighted by Crippen LogP contribution is 2.29. The Morgan fingerprint density at radius 3 is 2.25 bits per heavy atom. The fourth-order valence-corrected chi connectivity index (χ4v) is 3.31. The summed E-state index contributed by atoms with van der Waals surface area (Å²) in [4.78, 5) is 0. The Hall–Kier alpha value is -0.160. The Morgan fingerprint density at radius 2 is 1.67 bits per heavy atom. The Morgan fingerprint density at radius 1 is 1.00 bits per heavy atom. The first-order valence-corrected chi connectivity index (χ1v) is 10.1. The molecule has 4 nitrogen and oxygen atoms in total. The zero-order chi connectivity index (χ0) is 17.7. The molecule has 144 valence electrons. The van der Waals surface area contributed by atoms with Crippen molar-refractivity contribution in [3.63, 3.8) is 0 Å². The van der Waals surface area contributed by atoms with Crippen molar-refractivity contribution in [2.45, 2.75) is 91.0 Å². The normalized spacial score (nSPS) is 18.8. The van der Waals surface area contributed by atoms with Gasteiger partial charge in [0, 0.05) is 26.2 Å². The summed E-state index contributed by atoms with van der Waals surface area (Å²) in [5.74, 6) is 0.131. The summed E-state index contributed by atoms with van der Waals surface area (Å²) in [7, 11) is 0. The van der Waals surface area contributed by atoms with Crippen LogP contribution in [0.15, 0.2) is 0 Å². The minimum absolute atomic E-state index is 0.356. The summed E-state index contributed by atoms with van der Waals surface area (Å²) in [5.41, 5.74) is 0. The summed E-state index contributed by atoms with van der Waals surface area (Å²) in [5, 5.41) is 0. The van der Waals surface area contributed by atoms with Crippen molar-refractivity contribution in [3.05, 3.63) is 0 Å². The van der Waals surface area contributed by atoms with Crippen molar-refractivity contribution < 1.29 is 18.9 Å². The molecule has 2 unspecified atom stereocenters. The first kappa shape index (κ1) is 21.9. The number of hydrogen-bond acceptors (Lipinski definition) is 4. The highest BCUT2D eigenvalue weighted by molar-refractivity contribution is 4.72. The lowest BCUT2D eigenvalue weighted by Gasteiger charge is -2.33. The van der Waals surface area contributed by atoms with Gasteiger partial charge >= 0.3 is 0 Å². The summed E-state index contributed by atoms with van der Waals surface area (Å²) >= 11 is 0. The van der Waals surface area contributed by atoms with Crippen LogP contribution in [-0.2, 0) is 18.9 Å². The third-order valence-electron chi connectivity index (χ3n) is 4.65. The topological polar surface area (TPSA) is 40.2 Å². The molecule has 0 aliphatic carbocycles. The van der Waals surface area contributed by atoms with Gasteiger partial charge in [-0.2, -0.15) is 0 Å². The van der Waals surface area contributed by atoms with Gasteiger partial charge < -0.3 is 18.9 Å². The molecule has 0 N–H and O–H groups in total. The maximum Gasteiger partial charge on any atom is 0.165 e. The molecule has 0 radical (unpaired) electrons. The quantitative estimate of drug-likeness (QED) is 0.213. The van der Waals surface area contributed by atoms with E-state index >= 15 is 0 Å². The molecule has 0 aromatic rings. The molecular weight excluding hydrogens is 304 g/mol. The Labute approximate surface area is 149 Å². The van der Waals surface area contributed by atoms with Gasteiger partial charge in [0.25, 0.3) is 0 Å². The van der Waals surface area contributed by atoms with Gasteiger partial charge in [0.2, 0.25) is 0 Å². The molecule has 1 aliphatic rings. The second-order valence-corrected chi connectivity index (χ2v) is 7.09. The van der Waals surface area contributed by atoms with Crippen LogP contribution in [0.1, 0.15) is 79.1 Å². The lowest BCUT2D eigenvalue weighted by molar-refractivity contribution is -0.231. The maximum atomic E-state index is 5.92. The summed E-state index contributed by atoms with van der Waals surface area (Å²) in [6.07, 6.45) is 10.3. The van der Waals surface area contributed by atoms with Crippen LogP contribution in [-0.4, -0.2) is 44.9 Å². The van der Waals surface area contributed by atoms with E-state index < -0.39 is 5.79 Å². The highest BCUT2D eigenvalue weighted by atomic mass is 16.7. The van der Waals surface area contributed by atoms with E-state index in [4.69, 9.17) is 18.9 Å². The van der Waals surface area contributed by atoms with Crippen molar-refractivity contribution in [2.75, 3.05) is 33.0 Å². The third kappa shape index (κ3) is 10.7. The fraction of sp³-hybridized carbons (Fsp3) is 1.00. The standard InChI is InChI=1S/C20H40O4/c1-5-8-9-10-11-12-18(13-14-21-16-19-17-22-19)15-20(4,23-6-2)24-7-3/h18-19H,5-17H2,1-4H3. The van der Waals surface area contributed by atoms with E-state index in [9.17, 15) is 0 Å². The molecule has 0 aromatic heterocycles. The fourth-order valence-electron chi connectivity index (χ4n) is 3.31. The van der Waals surface area contributed by atoms with E-state index in [0.717, 1.165) is 32.7 Å². The van der Waals surface area contributed by atoms with Crippen LogP contribution in [0.25, 0.3) is 0 Å². The molecule has 1 heterocycles. The third-order valence-corrected chi connectivity index (χ3v) is 4.65. The molecule has 2 atom stereocenters. The molecule has 0 bridgehead atoms. The van der Waals surface area contributed by atoms with Crippen molar-refractivity contribution in [3.8, 4) is 0 Å². The van der Waals surface area contributed by atoms with Gasteiger partial charge in [-0.3, -0.25) is 0 Å². The molecule has 0 spiro atoms. The highest BCUT2D eigenvalue weighted by Gasteiger charge is 2.29. The molecule has 24 heavy (non-hydrogen) atoms. The zero-order valence-electron chi connectivity index (χ0n) is 16.5. The summed E-state index contributed by atoms with van der Waals surface area (Å²) < 4.78 is 22.8. The minimum atomic E-state index is -0.461. The Balaban J connectivity index is 2.37. The molecule has 1 fully saturated rings. The lowest BCUT2D eigenvalue weighted by atomic mass is 9.91. The smallest absolute Gasteiger partial charge is 0.165 e. The van der Waals surface area contributed by atoms with Gasteiger partial charge in [-0.25, -0.2) is 0 Å². The van der Waals surface area contributed by atoms with E-state index in [0.29, 0.717) is 25.2 Å². The molecule has 1 saturated heterocycles. The van der Waals surface area contributed by atoms with Gasteiger partial charge in [-0.1, -0.05) is 45.4 Å². The molecule has 1 rings (SSSR count). The van der Waals surface area contributed by atoms with E-state index in [1.54, 1.807) is 0 Å². The van der Waals surface area contributed by atoms with Crippen LogP contribution in [0.3, 0.4) is 0 Å². The van der Waals surface area contributed by atoms with Crippen LogP contribution >= 0.6 is 0 Å². The van der Waals surface area contributed by atoms with Crippen LogP contribution in [0.5, 0.6) is 0 Å². The predicted octanol–water partition coefficient (Wildman–Crippen LogP) is 4.95. The summed E-state index contributed by atoms with van der Waals surface area (Å²) in [6, 6.07) is 0. The monoisotopic (exact) mass is 344 g/mol. The van der Waals surface area contributed by atoms with E-state index in [1.807, 2.05) is 13.8 Å². The van der Waals surface area contributed by atoms with Crippen molar-refractivity contribution >= 4 is 0 Å². The van der Waals surface area contributed by atoms with Gasteiger partial charge in [0.15, 0.2) is 5.79 Å². The van der Waals surface area contributed by atoms with Gasteiger partial charge in [0.05, 0.1) is 13.2 Å². The average Bonchev–Trinajstić information content (AvgIpc) is 3.35. The largest absolute Gasteiger partial charge is 0.379 e. The lowest BCUT2D eigenvalue weighted by Crippen LogP contribution is -2.35. The number of rotatable bonds is 17. The second kappa shape index (κ2) is 13.1. The number of ether oxygens (including phenoxy) is 4. The van der Waals surface area contributed by atoms with Crippen LogP contribution in [0.4, 0.5) is 0 Å². The molecule has 0 amide bonds. The SMILES string of the molecule is CCCCCCCC(CCOCC1CO1)CC(C)(OCC)OCC. The Bertz CT molecular complexity index is 285.